The summed E-state index contributed by atoms with van der Waals surface area (Å²) >= 11 is 0. The second-order valence-electron chi connectivity index (χ2n) is 5.82. The zero-order chi connectivity index (χ0) is 11.6. The first-order valence-electron chi connectivity index (χ1n) is 5.88. The van der Waals surface area contributed by atoms with Crippen LogP contribution < -0.4 is 0 Å². The van der Waals surface area contributed by atoms with Gasteiger partial charge in [0.25, 0.3) is 0 Å². The summed E-state index contributed by atoms with van der Waals surface area (Å²) in [6.07, 6.45) is 1.17. The van der Waals surface area contributed by atoms with E-state index in [4.69, 9.17) is 0 Å². The number of aryl methyl sites for hydroxylation is 2. The third-order valence-electron chi connectivity index (χ3n) is 3.50. The lowest BCUT2D eigenvalue weighted by Gasteiger charge is -2.29. The molecule has 0 nitrogen and oxygen atoms in total. The largest absolute Gasteiger partial charge is 0.0623 e. The molecule has 84 valence electrons. The molecule has 0 bridgehead atoms. The molecule has 0 saturated carbocycles. The van der Waals surface area contributed by atoms with E-state index < -0.39 is 0 Å². The van der Waals surface area contributed by atoms with Crippen molar-refractivity contribution in [3.63, 3.8) is 0 Å². The zero-order valence-electron chi connectivity index (χ0n) is 11.0. The molecule has 1 aromatic carbocycles. The van der Waals surface area contributed by atoms with Crippen LogP contribution in [0.25, 0.3) is 0 Å². The summed E-state index contributed by atoms with van der Waals surface area (Å²) < 4.78 is 0. The van der Waals surface area contributed by atoms with Gasteiger partial charge in [0.05, 0.1) is 0 Å². The van der Waals surface area contributed by atoms with Crippen molar-refractivity contribution < 1.29 is 0 Å². The smallest absolute Gasteiger partial charge is 0.0225 e. The Kier molecular flexibility index (Phi) is 3.59. The van der Waals surface area contributed by atoms with Gasteiger partial charge in [0.2, 0.25) is 0 Å². The molecule has 0 aliphatic carbocycles. The van der Waals surface area contributed by atoms with E-state index in [2.05, 4.69) is 59.7 Å². The summed E-state index contributed by atoms with van der Waals surface area (Å²) in [5.74, 6) is 0.721. The van der Waals surface area contributed by atoms with Crippen molar-refractivity contribution in [1.82, 2.24) is 0 Å². The van der Waals surface area contributed by atoms with Gasteiger partial charge in [-0.15, -0.1) is 0 Å². The first-order valence-corrected chi connectivity index (χ1v) is 5.88. The van der Waals surface area contributed by atoms with Gasteiger partial charge in [-0.05, 0) is 37.2 Å². The molecule has 0 radical (unpaired) electrons. The molecule has 1 rings (SSSR count). The molecule has 0 amide bonds. The van der Waals surface area contributed by atoms with Crippen molar-refractivity contribution in [2.45, 2.75) is 48.0 Å². The average Bonchev–Trinajstić information content (AvgIpc) is 1.99. The molecule has 0 saturated heterocycles. The normalized spacial score (nSPS) is 12.2. The lowest BCUT2D eigenvalue weighted by Crippen LogP contribution is -2.22. The van der Waals surface area contributed by atoms with Gasteiger partial charge in [-0.25, -0.2) is 0 Å². The van der Waals surface area contributed by atoms with Crippen molar-refractivity contribution >= 4 is 0 Å². The molecule has 0 unspecified atom stereocenters. The van der Waals surface area contributed by atoms with Crippen LogP contribution in [0.5, 0.6) is 0 Å². The minimum atomic E-state index is 0.389. The summed E-state index contributed by atoms with van der Waals surface area (Å²) in [5, 5.41) is 0. The van der Waals surface area contributed by atoms with Crippen LogP contribution in [0.2, 0.25) is 0 Å². The van der Waals surface area contributed by atoms with Crippen molar-refractivity contribution in [2.24, 2.45) is 11.3 Å². The van der Waals surface area contributed by atoms with Crippen LogP contribution in [0.4, 0.5) is 0 Å². The molecular formula is C15H24. The van der Waals surface area contributed by atoms with Crippen LogP contribution in [0.15, 0.2) is 18.2 Å². The monoisotopic (exact) mass is 204 g/mol. The molecule has 0 N–H and O–H groups in total. The van der Waals surface area contributed by atoms with Crippen LogP contribution in [-0.2, 0) is 6.42 Å². The summed E-state index contributed by atoms with van der Waals surface area (Å²) in [5.41, 5.74) is 4.63. The Morgan fingerprint density at radius 3 is 1.87 bits per heavy atom. The highest BCUT2D eigenvalue weighted by Gasteiger charge is 2.22. The van der Waals surface area contributed by atoms with Crippen LogP contribution in [0.1, 0.15) is 44.4 Å². The second-order valence-corrected chi connectivity index (χ2v) is 5.82. The molecular weight excluding hydrogens is 180 g/mol. The molecule has 0 heteroatoms. The highest BCUT2D eigenvalue weighted by atomic mass is 14.3. The number of hydrogen-bond acceptors (Lipinski definition) is 0. The van der Waals surface area contributed by atoms with E-state index >= 15 is 0 Å². The number of benzene rings is 1. The Labute approximate surface area is 94.7 Å². The standard InChI is InChI=1S/C15H24/c1-11(2)15(5,6)10-14-8-12(3)7-13(4)9-14/h7-9,11H,10H2,1-6H3. The summed E-state index contributed by atoms with van der Waals surface area (Å²) in [4.78, 5) is 0. The molecule has 0 aromatic heterocycles. The van der Waals surface area contributed by atoms with Crippen molar-refractivity contribution in [3.05, 3.63) is 34.9 Å². The molecule has 0 atom stereocenters. The van der Waals surface area contributed by atoms with E-state index in [0.717, 1.165) is 5.92 Å². The van der Waals surface area contributed by atoms with Crippen LogP contribution in [0, 0.1) is 25.2 Å². The van der Waals surface area contributed by atoms with E-state index in [9.17, 15) is 0 Å². The van der Waals surface area contributed by atoms with E-state index in [1.165, 1.54) is 23.1 Å². The maximum absolute atomic E-state index is 2.36. The van der Waals surface area contributed by atoms with Gasteiger partial charge in [-0.1, -0.05) is 57.0 Å². The molecule has 0 spiro atoms. The fourth-order valence-electron chi connectivity index (χ4n) is 1.90. The van der Waals surface area contributed by atoms with E-state index in [0.29, 0.717) is 5.41 Å². The van der Waals surface area contributed by atoms with E-state index in [1.807, 2.05) is 0 Å². The predicted molar refractivity (Wildman–Crippen MR) is 68.2 cm³/mol. The topological polar surface area (TPSA) is 0 Å². The van der Waals surface area contributed by atoms with Gasteiger partial charge >= 0.3 is 0 Å². The minimum absolute atomic E-state index is 0.389. The highest BCUT2D eigenvalue weighted by Crippen LogP contribution is 2.30. The van der Waals surface area contributed by atoms with Crippen molar-refractivity contribution in [1.29, 1.82) is 0 Å². The number of rotatable bonds is 3. The Hall–Kier alpha value is -0.780. The molecule has 0 heterocycles. The molecule has 15 heavy (non-hydrogen) atoms. The van der Waals surface area contributed by atoms with Crippen LogP contribution in [0.3, 0.4) is 0 Å². The van der Waals surface area contributed by atoms with Crippen LogP contribution >= 0.6 is 0 Å². The molecule has 0 aliphatic heterocycles. The quantitative estimate of drug-likeness (QED) is 0.678. The Bertz CT molecular complexity index is 312. The van der Waals surface area contributed by atoms with E-state index in [-0.39, 0.29) is 0 Å². The fourth-order valence-corrected chi connectivity index (χ4v) is 1.90. The van der Waals surface area contributed by atoms with E-state index in [1.54, 1.807) is 0 Å². The third-order valence-corrected chi connectivity index (χ3v) is 3.50. The minimum Gasteiger partial charge on any atom is -0.0623 e. The highest BCUT2D eigenvalue weighted by molar-refractivity contribution is 5.29. The fraction of sp³-hybridized carbons (Fsp3) is 0.600. The molecule has 0 fully saturated rings. The molecule has 1 aromatic rings. The lowest BCUT2D eigenvalue weighted by molar-refractivity contribution is 0.248. The van der Waals surface area contributed by atoms with Gasteiger partial charge in [-0.2, -0.15) is 0 Å². The van der Waals surface area contributed by atoms with Crippen LogP contribution in [-0.4, -0.2) is 0 Å². The Morgan fingerprint density at radius 2 is 1.47 bits per heavy atom. The predicted octanol–water partition coefficient (Wildman–Crippen LogP) is 4.53. The van der Waals surface area contributed by atoms with Gasteiger partial charge in [0.1, 0.15) is 0 Å². The van der Waals surface area contributed by atoms with Crippen molar-refractivity contribution in [3.8, 4) is 0 Å². The maximum atomic E-state index is 2.36. The zero-order valence-corrected chi connectivity index (χ0v) is 11.0. The first-order chi connectivity index (χ1) is 6.81. The average molecular weight is 204 g/mol. The SMILES string of the molecule is Cc1cc(C)cc(CC(C)(C)C(C)C)c1. The van der Waals surface area contributed by atoms with Gasteiger partial charge in [0.15, 0.2) is 0 Å². The van der Waals surface area contributed by atoms with Gasteiger partial charge in [-0.3, -0.25) is 0 Å². The number of hydrogen-bond donors (Lipinski definition) is 0. The summed E-state index contributed by atoms with van der Waals surface area (Å²) in [6.45, 7) is 13.7. The second kappa shape index (κ2) is 4.38. The Balaban J connectivity index is 2.89. The van der Waals surface area contributed by atoms with Gasteiger partial charge < -0.3 is 0 Å². The van der Waals surface area contributed by atoms with Gasteiger partial charge in [0, 0.05) is 0 Å². The Morgan fingerprint density at radius 1 is 1.00 bits per heavy atom. The first kappa shape index (κ1) is 12.3. The maximum Gasteiger partial charge on any atom is -0.0225 e. The molecule has 0 aliphatic rings. The lowest BCUT2D eigenvalue weighted by atomic mass is 9.76. The summed E-state index contributed by atoms with van der Waals surface area (Å²) in [6, 6.07) is 6.88. The van der Waals surface area contributed by atoms with Crippen molar-refractivity contribution in [2.75, 3.05) is 0 Å². The third kappa shape index (κ3) is 3.37. The summed E-state index contributed by atoms with van der Waals surface area (Å²) in [7, 11) is 0.